The van der Waals surface area contributed by atoms with Crippen molar-refractivity contribution in [2.75, 3.05) is 0 Å². The summed E-state index contributed by atoms with van der Waals surface area (Å²) in [6, 6.07) is 0. The van der Waals surface area contributed by atoms with E-state index in [-0.39, 0.29) is 0 Å². The number of hydrogen-bond donors (Lipinski definition) is 0. The van der Waals surface area contributed by atoms with Crippen LogP contribution < -0.4 is 0 Å². The molecule has 0 heterocycles. The fraction of sp³-hybridized carbons (Fsp3) is 1.00. The van der Waals surface area contributed by atoms with Crippen molar-refractivity contribution in [1.82, 2.24) is 0 Å². The predicted molar refractivity (Wildman–Crippen MR) is 69.3 cm³/mol. The van der Waals surface area contributed by atoms with Crippen molar-refractivity contribution in [3.8, 4) is 0 Å². The van der Waals surface area contributed by atoms with Gasteiger partial charge in [-0.2, -0.15) is 0 Å². The summed E-state index contributed by atoms with van der Waals surface area (Å²) >= 11 is 0.934. The Hall–Kier alpha value is 1.58. The zero-order chi connectivity index (χ0) is 11.2. The summed E-state index contributed by atoms with van der Waals surface area (Å²) in [5, 5.41) is 0. The standard InChI is InChI=1S/C12H26Te2/c1-11(2,3)7-9-13-14-10-8-12(4,5)6/h7-10H2,1-6H3. The minimum absolute atomic E-state index is 0.467. The molecule has 0 aliphatic heterocycles. The van der Waals surface area contributed by atoms with Crippen molar-refractivity contribution in [3.05, 3.63) is 0 Å². The summed E-state index contributed by atoms with van der Waals surface area (Å²) in [5.41, 5.74) is 1.17. The van der Waals surface area contributed by atoms with E-state index >= 15 is 0 Å². The van der Waals surface area contributed by atoms with Gasteiger partial charge in [0.1, 0.15) is 0 Å². The second-order valence-corrected chi connectivity index (χ2v) is 19.0. The Morgan fingerprint density at radius 3 is 1.14 bits per heavy atom. The Labute approximate surface area is 107 Å². The van der Waals surface area contributed by atoms with Gasteiger partial charge in [-0.05, 0) is 0 Å². The van der Waals surface area contributed by atoms with Crippen LogP contribution in [0.1, 0.15) is 54.4 Å². The zero-order valence-electron chi connectivity index (χ0n) is 10.6. The average Bonchev–Trinajstić information content (AvgIpc) is 1.92. The van der Waals surface area contributed by atoms with Crippen LogP contribution in [0, 0.1) is 10.8 Å². The summed E-state index contributed by atoms with van der Waals surface area (Å²) in [6.07, 6.45) is 2.94. The second-order valence-electron chi connectivity index (χ2n) is 6.27. The molecule has 0 atom stereocenters. The third kappa shape index (κ3) is 13.6. The zero-order valence-corrected chi connectivity index (χ0v) is 15.3. The fourth-order valence-corrected chi connectivity index (χ4v) is 13.2. The van der Waals surface area contributed by atoms with Gasteiger partial charge >= 0.3 is 108 Å². The van der Waals surface area contributed by atoms with Crippen LogP contribution in [-0.4, -0.2) is 34.1 Å². The summed E-state index contributed by atoms with van der Waals surface area (Å²) in [6.45, 7) is 14.2. The maximum absolute atomic E-state index is 2.37. The predicted octanol–water partition coefficient (Wildman–Crippen LogP) is 4.02. The van der Waals surface area contributed by atoms with Gasteiger partial charge in [-0.3, -0.25) is 0 Å². The van der Waals surface area contributed by atoms with Gasteiger partial charge in [0.15, 0.2) is 0 Å². The molecule has 2 heteroatoms. The molecule has 0 radical (unpaired) electrons. The van der Waals surface area contributed by atoms with Crippen LogP contribution >= 0.6 is 0 Å². The summed E-state index contributed by atoms with van der Waals surface area (Å²) < 4.78 is 3.20. The molecule has 0 N–H and O–H groups in total. The quantitative estimate of drug-likeness (QED) is 0.461. The molecule has 0 spiro atoms. The summed E-state index contributed by atoms with van der Waals surface area (Å²) in [7, 11) is 0. The Kier molecular flexibility index (Phi) is 7.80. The number of hydrogen-bond acceptors (Lipinski definition) is 0. The summed E-state index contributed by atoms with van der Waals surface area (Å²) in [4.78, 5) is 0. The van der Waals surface area contributed by atoms with Crippen LogP contribution in [0.4, 0.5) is 0 Å². The minimum atomic E-state index is 0.467. The Bertz CT molecular complexity index is 121. The average molecular weight is 426 g/mol. The van der Waals surface area contributed by atoms with E-state index in [1.165, 1.54) is 12.8 Å². The molecule has 0 amide bonds. The van der Waals surface area contributed by atoms with Crippen LogP contribution in [-0.2, 0) is 0 Å². The summed E-state index contributed by atoms with van der Waals surface area (Å²) in [5.74, 6) is 0. The van der Waals surface area contributed by atoms with Gasteiger partial charge in [-0.25, -0.2) is 0 Å². The molecule has 0 unspecified atom stereocenters. The van der Waals surface area contributed by atoms with E-state index in [2.05, 4.69) is 41.5 Å². The maximum atomic E-state index is 2.37. The molecule has 0 nitrogen and oxygen atoms in total. The van der Waals surface area contributed by atoms with E-state index in [1.807, 2.05) is 0 Å². The van der Waals surface area contributed by atoms with Crippen LogP contribution in [0.15, 0.2) is 0 Å². The molecule has 0 aromatic rings. The van der Waals surface area contributed by atoms with E-state index in [0.717, 1.165) is 0 Å². The normalized spacial score (nSPS) is 13.3. The molecule has 0 saturated carbocycles. The molecule has 0 aromatic carbocycles. The third-order valence-corrected chi connectivity index (χ3v) is 14.1. The third-order valence-electron chi connectivity index (χ3n) is 1.95. The molecule has 0 aromatic heterocycles. The Morgan fingerprint density at radius 2 is 0.929 bits per heavy atom. The SMILES string of the molecule is CC(C)(C)CC[Te][Te]CCC(C)(C)C. The Balaban J connectivity index is 3.23. The van der Waals surface area contributed by atoms with Gasteiger partial charge < -0.3 is 0 Å². The van der Waals surface area contributed by atoms with Crippen LogP contribution in [0.3, 0.4) is 0 Å². The molecule has 0 fully saturated rings. The van der Waals surface area contributed by atoms with Crippen molar-refractivity contribution >= 4 is 34.1 Å². The van der Waals surface area contributed by atoms with Gasteiger partial charge in [0.05, 0.1) is 0 Å². The monoisotopic (exact) mass is 430 g/mol. The van der Waals surface area contributed by atoms with Crippen LogP contribution in [0.2, 0.25) is 8.94 Å². The van der Waals surface area contributed by atoms with E-state index in [0.29, 0.717) is 44.9 Å². The van der Waals surface area contributed by atoms with Crippen LogP contribution in [0.25, 0.3) is 0 Å². The first kappa shape index (κ1) is 15.6. The van der Waals surface area contributed by atoms with Crippen molar-refractivity contribution in [1.29, 1.82) is 0 Å². The molecule has 0 aliphatic carbocycles. The van der Waals surface area contributed by atoms with Gasteiger partial charge in [0.2, 0.25) is 0 Å². The van der Waals surface area contributed by atoms with Crippen molar-refractivity contribution in [2.45, 2.75) is 63.3 Å². The van der Waals surface area contributed by atoms with E-state index in [1.54, 1.807) is 8.94 Å². The van der Waals surface area contributed by atoms with Gasteiger partial charge in [-0.1, -0.05) is 0 Å². The molecular formula is C12H26Te2. The molecular weight excluding hydrogens is 399 g/mol. The molecule has 0 rings (SSSR count). The van der Waals surface area contributed by atoms with Gasteiger partial charge in [-0.15, -0.1) is 0 Å². The second kappa shape index (κ2) is 7.01. The first-order valence-electron chi connectivity index (χ1n) is 5.45. The first-order valence-corrected chi connectivity index (χ1v) is 16.1. The molecule has 0 saturated heterocycles. The van der Waals surface area contributed by atoms with E-state index < -0.39 is 0 Å². The Morgan fingerprint density at radius 1 is 0.643 bits per heavy atom. The van der Waals surface area contributed by atoms with E-state index in [9.17, 15) is 0 Å². The number of rotatable bonds is 5. The van der Waals surface area contributed by atoms with Crippen molar-refractivity contribution in [2.24, 2.45) is 10.8 Å². The topological polar surface area (TPSA) is 0 Å². The van der Waals surface area contributed by atoms with Crippen LogP contribution in [0.5, 0.6) is 0 Å². The molecule has 14 heavy (non-hydrogen) atoms. The molecule has 0 aliphatic rings. The van der Waals surface area contributed by atoms with Gasteiger partial charge in [0.25, 0.3) is 0 Å². The van der Waals surface area contributed by atoms with E-state index in [4.69, 9.17) is 0 Å². The van der Waals surface area contributed by atoms with Gasteiger partial charge in [0, 0.05) is 0 Å². The van der Waals surface area contributed by atoms with Crippen molar-refractivity contribution < 1.29 is 0 Å². The first-order chi connectivity index (χ1) is 6.21. The fourth-order valence-electron chi connectivity index (χ4n) is 0.814. The molecule has 0 bridgehead atoms. The van der Waals surface area contributed by atoms with Crippen molar-refractivity contribution in [3.63, 3.8) is 0 Å². The molecule has 86 valence electrons.